The molecule has 0 atom stereocenters. The molecule has 1 aliphatic carbocycles. The Morgan fingerprint density at radius 3 is 2.84 bits per heavy atom. The lowest BCUT2D eigenvalue weighted by Gasteiger charge is -2.11. The second-order valence-corrected chi connectivity index (χ2v) is 5.21. The van der Waals surface area contributed by atoms with E-state index in [9.17, 15) is 9.18 Å². The van der Waals surface area contributed by atoms with Crippen LogP contribution >= 0.6 is 0 Å². The van der Waals surface area contributed by atoms with Gasteiger partial charge in [-0.15, -0.1) is 0 Å². The predicted octanol–water partition coefficient (Wildman–Crippen LogP) is 2.12. The fourth-order valence-corrected chi connectivity index (χ4v) is 1.91. The van der Waals surface area contributed by atoms with E-state index in [1.165, 1.54) is 18.2 Å². The molecule has 0 spiro atoms. The van der Waals surface area contributed by atoms with E-state index in [4.69, 9.17) is 5.11 Å². The number of allylic oxidation sites excluding steroid dienone is 1. The van der Waals surface area contributed by atoms with Crippen LogP contribution in [-0.4, -0.2) is 24.2 Å². The summed E-state index contributed by atoms with van der Waals surface area (Å²) in [6.07, 6.45) is 3.37. The number of carbonyl (C=O) groups excluding carboxylic acids is 1. The Labute approximate surface area is 112 Å². The van der Waals surface area contributed by atoms with Crippen molar-refractivity contribution >= 4 is 11.5 Å². The number of aliphatic hydroxyl groups is 1. The van der Waals surface area contributed by atoms with Crippen molar-refractivity contribution < 1.29 is 14.3 Å². The molecule has 3 nitrogen and oxygen atoms in total. The molecule has 0 bridgehead atoms. The first-order valence-electron chi connectivity index (χ1n) is 6.38. The van der Waals surface area contributed by atoms with Crippen molar-refractivity contribution in [1.82, 2.24) is 5.32 Å². The van der Waals surface area contributed by atoms with Gasteiger partial charge in [0.15, 0.2) is 0 Å². The zero-order chi connectivity index (χ0) is 13.9. The fraction of sp³-hybridized carbons (Fsp3) is 0.400. The van der Waals surface area contributed by atoms with Crippen LogP contribution in [0.15, 0.2) is 30.3 Å². The lowest BCUT2D eigenvalue weighted by atomic mass is 10.1. The van der Waals surface area contributed by atoms with E-state index < -0.39 is 0 Å². The number of rotatable bonds is 5. The Morgan fingerprint density at radius 1 is 1.53 bits per heavy atom. The van der Waals surface area contributed by atoms with Gasteiger partial charge in [0.1, 0.15) is 5.82 Å². The maximum absolute atomic E-state index is 13.1. The molecule has 19 heavy (non-hydrogen) atoms. The molecule has 0 unspecified atom stereocenters. The lowest BCUT2D eigenvalue weighted by molar-refractivity contribution is -0.116. The Bertz CT molecular complexity index is 507. The van der Waals surface area contributed by atoms with Crippen molar-refractivity contribution in [2.24, 2.45) is 5.41 Å². The van der Waals surface area contributed by atoms with Crippen LogP contribution in [-0.2, 0) is 4.79 Å². The highest BCUT2D eigenvalue weighted by atomic mass is 19.1. The maximum Gasteiger partial charge on any atom is 0.244 e. The maximum atomic E-state index is 13.1. The summed E-state index contributed by atoms with van der Waals surface area (Å²) in [4.78, 5) is 11.7. The van der Waals surface area contributed by atoms with Gasteiger partial charge in [0.2, 0.25) is 5.91 Å². The van der Waals surface area contributed by atoms with E-state index in [1.54, 1.807) is 19.1 Å². The zero-order valence-corrected chi connectivity index (χ0v) is 10.9. The van der Waals surface area contributed by atoms with E-state index in [1.807, 2.05) is 0 Å². The Morgan fingerprint density at radius 2 is 2.26 bits per heavy atom. The number of hydrogen-bond acceptors (Lipinski definition) is 2. The monoisotopic (exact) mass is 263 g/mol. The van der Waals surface area contributed by atoms with Crippen LogP contribution in [0.3, 0.4) is 0 Å². The van der Waals surface area contributed by atoms with E-state index in [0.717, 1.165) is 12.8 Å². The van der Waals surface area contributed by atoms with Crippen LogP contribution in [0.1, 0.15) is 25.3 Å². The summed E-state index contributed by atoms with van der Waals surface area (Å²) in [5.41, 5.74) is 1.31. The number of benzene rings is 1. The first-order chi connectivity index (χ1) is 9.04. The van der Waals surface area contributed by atoms with E-state index >= 15 is 0 Å². The SMILES string of the molecule is C/C(=C/C(=O)NCC1(CO)CC1)c1cccc(F)c1. The Hall–Kier alpha value is -1.68. The quantitative estimate of drug-likeness (QED) is 0.799. The van der Waals surface area contributed by atoms with Gasteiger partial charge in [-0.3, -0.25) is 4.79 Å². The van der Waals surface area contributed by atoms with E-state index in [0.29, 0.717) is 17.7 Å². The summed E-state index contributed by atoms with van der Waals surface area (Å²) in [6, 6.07) is 6.15. The highest BCUT2D eigenvalue weighted by Gasteiger charge is 2.41. The third kappa shape index (κ3) is 3.64. The summed E-state index contributed by atoms with van der Waals surface area (Å²) >= 11 is 0. The van der Waals surface area contributed by atoms with Crippen LogP contribution in [0, 0.1) is 11.2 Å². The molecule has 4 heteroatoms. The minimum absolute atomic E-state index is 0.101. The standard InChI is InChI=1S/C15H18FNO2/c1-11(12-3-2-4-13(16)8-12)7-14(19)17-9-15(10-18)5-6-15/h2-4,7-8,18H,5-6,9-10H2,1H3,(H,17,19)/b11-7-. The minimum Gasteiger partial charge on any atom is -0.396 e. The Balaban J connectivity index is 1.94. The van der Waals surface area contributed by atoms with Crippen LogP contribution in [0.2, 0.25) is 0 Å². The normalized spacial score (nSPS) is 17.1. The van der Waals surface area contributed by atoms with Gasteiger partial charge >= 0.3 is 0 Å². The number of carbonyl (C=O) groups is 1. The van der Waals surface area contributed by atoms with Crippen molar-refractivity contribution in [2.45, 2.75) is 19.8 Å². The first kappa shape index (κ1) is 13.7. The van der Waals surface area contributed by atoms with Gasteiger partial charge in [-0.25, -0.2) is 4.39 Å². The smallest absolute Gasteiger partial charge is 0.244 e. The number of nitrogens with one attached hydrogen (secondary N) is 1. The summed E-state index contributed by atoms with van der Waals surface area (Å²) in [5.74, 6) is -0.524. The summed E-state index contributed by atoms with van der Waals surface area (Å²) in [6.45, 7) is 2.38. The van der Waals surface area contributed by atoms with Gasteiger partial charge in [-0.2, -0.15) is 0 Å². The van der Waals surface area contributed by atoms with Gasteiger partial charge in [-0.05, 0) is 43.0 Å². The number of aliphatic hydroxyl groups excluding tert-OH is 1. The molecule has 2 N–H and O–H groups in total. The average molecular weight is 263 g/mol. The molecule has 1 saturated carbocycles. The van der Waals surface area contributed by atoms with Crippen molar-refractivity contribution in [3.05, 3.63) is 41.7 Å². The molecule has 1 aliphatic rings. The molecule has 1 aromatic carbocycles. The van der Waals surface area contributed by atoms with Crippen LogP contribution < -0.4 is 5.32 Å². The highest BCUT2D eigenvalue weighted by molar-refractivity contribution is 5.94. The zero-order valence-electron chi connectivity index (χ0n) is 10.9. The molecule has 0 aliphatic heterocycles. The second-order valence-electron chi connectivity index (χ2n) is 5.21. The van der Waals surface area contributed by atoms with Crippen molar-refractivity contribution in [3.63, 3.8) is 0 Å². The van der Waals surface area contributed by atoms with Gasteiger partial charge in [-0.1, -0.05) is 12.1 Å². The summed E-state index contributed by atoms with van der Waals surface area (Å²) in [7, 11) is 0. The largest absolute Gasteiger partial charge is 0.396 e. The molecule has 0 radical (unpaired) electrons. The van der Waals surface area contributed by atoms with E-state index in [2.05, 4.69) is 5.32 Å². The minimum atomic E-state index is -0.317. The average Bonchev–Trinajstić information content (AvgIpc) is 3.17. The molecule has 0 heterocycles. The predicted molar refractivity (Wildman–Crippen MR) is 71.8 cm³/mol. The molecular formula is C15H18FNO2. The third-order valence-electron chi connectivity index (χ3n) is 3.56. The lowest BCUT2D eigenvalue weighted by Crippen LogP contribution is -2.30. The van der Waals surface area contributed by atoms with Crippen LogP contribution in [0.4, 0.5) is 4.39 Å². The van der Waals surface area contributed by atoms with Gasteiger partial charge in [0, 0.05) is 18.0 Å². The summed E-state index contributed by atoms with van der Waals surface area (Å²) in [5, 5.41) is 11.9. The fourth-order valence-electron chi connectivity index (χ4n) is 1.91. The van der Waals surface area contributed by atoms with Crippen LogP contribution in [0.5, 0.6) is 0 Å². The third-order valence-corrected chi connectivity index (χ3v) is 3.56. The first-order valence-corrected chi connectivity index (χ1v) is 6.38. The molecule has 0 saturated heterocycles. The molecule has 1 fully saturated rings. The van der Waals surface area contributed by atoms with Crippen molar-refractivity contribution in [1.29, 1.82) is 0 Å². The number of hydrogen-bond donors (Lipinski definition) is 2. The van der Waals surface area contributed by atoms with Gasteiger partial charge in [0.05, 0.1) is 6.61 Å². The highest BCUT2D eigenvalue weighted by Crippen LogP contribution is 2.44. The summed E-state index contributed by atoms with van der Waals surface area (Å²) < 4.78 is 13.1. The molecule has 2 rings (SSSR count). The number of halogens is 1. The molecule has 102 valence electrons. The molecular weight excluding hydrogens is 245 g/mol. The van der Waals surface area contributed by atoms with Gasteiger partial charge in [0.25, 0.3) is 0 Å². The van der Waals surface area contributed by atoms with Crippen molar-refractivity contribution in [3.8, 4) is 0 Å². The Kier molecular flexibility index (Phi) is 4.00. The molecule has 1 aromatic rings. The number of amides is 1. The molecule has 0 aromatic heterocycles. The second kappa shape index (κ2) is 5.53. The topological polar surface area (TPSA) is 49.3 Å². The van der Waals surface area contributed by atoms with Gasteiger partial charge < -0.3 is 10.4 Å². The van der Waals surface area contributed by atoms with Crippen LogP contribution in [0.25, 0.3) is 5.57 Å². The van der Waals surface area contributed by atoms with Crippen molar-refractivity contribution in [2.75, 3.05) is 13.2 Å². The molecule has 1 amide bonds. The van der Waals surface area contributed by atoms with E-state index in [-0.39, 0.29) is 23.7 Å².